The molecule has 1 aliphatic carbocycles. The number of hydrogen-bond acceptors (Lipinski definition) is 4. The SMILES string of the molecule is CC(C)(C)NC(=O)C[C@H]1CCNC[C@@H]1Cc1cc(CC2CCCCC2)on1. The second-order valence-corrected chi connectivity index (χ2v) is 9.71. The third-order valence-corrected chi connectivity index (χ3v) is 6.02. The zero-order chi connectivity index (χ0) is 19.3. The van der Waals surface area contributed by atoms with E-state index in [1.54, 1.807) is 0 Å². The molecular formula is C22H37N3O2. The summed E-state index contributed by atoms with van der Waals surface area (Å²) < 4.78 is 5.64. The van der Waals surface area contributed by atoms with Crippen molar-refractivity contribution in [3.05, 3.63) is 17.5 Å². The van der Waals surface area contributed by atoms with E-state index in [-0.39, 0.29) is 11.4 Å². The van der Waals surface area contributed by atoms with Crippen molar-refractivity contribution in [2.24, 2.45) is 17.8 Å². The van der Waals surface area contributed by atoms with Gasteiger partial charge in [0.25, 0.3) is 0 Å². The lowest BCUT2D eigenvalue weighted by Gasteiger charge is -2.32. The first-order valence-corrected chi connectivity index (χ1v) is 10.9. The van der Waals surface area contributed by atoms with E-state index in [0.717, 1.165) is 49.7 Å². The lowest BCUT2D eigenvalue weighted by Crippen LogP contribution is -2.44. The minimum atomic E-state index is -0.167. The highest BCUT2D eigenvalue weighted by Gasteiger charge is 2.29. The van der Waals surface area contributed by atoms with Crippen LogP contribution in [0.15, 0.2) is 10.6 Å². The average molecular weight is 376 g/mol. The number of rotatable bonds is 6. The molecule has 2 heterocycles. The molecule has 3 rings (SSSR count). The summed E-state index contributed by atoms with van der Waals surface area (Å²) in [5.74, 6) is 2.83. The van der Waals surface area contributed by atoms with Gasteiger partial charge in [0.05, 0.1) is 5.69 Å². The molecule has 1 saturated carbocycles. The Morgan fingerprint density at radius 1 is 1.19 bits per heavy atom. The summed E-state index contributed by atoms with van der Waals surface area (Å²) >= 11 is 0. The number of piperidine rings is 1. The van der Waals surface area contributed by atoms with E-state index in [2.05, 4.69) is 21.9 Å². The fourth-order valence-corrected chi connectivity index (χ4v) is 4.68. The van der Waals surface area contributed by atoms with Crippen LogP contribution < -0.4 is 10.6 Å². The molecule has 1 aliphatic heterocycles. The Morgan fingerprint density at radius 3 is 2.70 bits per heavy atom. The monoisotopic (exact) mass is 375 g/mol. The minimum absolute atomic E-state index is 0.164. The summed E-state index contributed by atoms with van der Waals surface area (Å²) in [6, 6.07) is 2.16. The maximum Gasteiger partial charge on any atom is 0.220 e. The van der Waals surface area contributed by atoms with Crippen LogP contribution in [0.2, 0.25) is 0 Å². The number of carbonyl (C=O) groups excluding carboxylic acids is 1. The summed E-state index contributed by atoms with van der Waals surface area (Å²) in [4.78, 5) is 12.4. The summed E-state index contributed by atoms with van der Waals surface area (Å²) in [6.45, 7) is 8.06. The maximum atomic E-state index is 12.4. The van der Waals surface area contributed by atoms with Crippen LogP contribution in [0.4, 0.5) is 0 Å². The van der Waals surface area contributed by atoms with E-state index in [1.165, 1.54) is 32.1 Å². The van der Waals surface area contributed by atoms with Gasteiger partial charge in [-0.2, -0.15) is 0 Å². The highest BCUT2D eigenvalue weighted by atomic mass is 16.5. The zero-order valence-corrected chi connectivity index (χ0v) is 17.4. The van der Waals surface area contributed by atoms with Gasteiger partial charge in [-0.25, -0.2) is 0 Å². The largest absolute Gasteiger partial charge is 0.361 e. The Bertz CT molecular complexity index is 599. The molecule has 152 valence electrons. The summed E-state index contributed by atoms with van der Waals surface area (Å²) in [7, 11) is 0. The number of aromatic nitrogens is 1. The van der Waals surface area contributed by atoms with E-state index >= 15 is 0 Å². The predicted octanol–water partition coefficient (Wildman–Crippen LogP) is 3.87. The van der Waals surface area contributed by atoms with Gasteiger partial charge in [0.15, 0.2) is 0 Å². The van der Waals surface area contributed by atoms with Gasteiger partial charge in [0.2, 0.25) is 5.91 Å². The van der Waals surface area contributed by atoms with Crippen molar-refractivity contribution in [2.45, 2.75) is 84.1 Å². The lowest BCUT2D eigenvalue weighted by atomic mass is 9.80. The summed E-state index contributed by atoms with van der Waals surface area (Å²) in [5, 5.41) is 10.9. The highest BCUT2D eigenvalue weighted by Crippen LogP contribution is 2.29. The molecule has 2 N–H and O–H groups in total. The Balaban J connectivity index is 1.53. The second kappa shape index (κ2) is 9.22. The fraction of sp³-hybridized carbons (Fsp3) is 0.818. The minimum Gasteiger partial charge on any atom is -0.361 e. The molecule has 1 saturated heterocycles. The van der Waals surface area contributed by atoms with Gasteiger partial charge in [-0.05, 0) is 64.5 Å². The summed E-state index contributed by atoms with van der Waals surface area (Å²) in [5.41, 5.74) is 0.885. The smallest absolute Gasteiger partial charge is 0.220 e. The Labute approximate surface area is 164 Å². The van der Waals surface area contributed by atoms with Crippen LogP contribution in [-0.2, 0) is 17.6 Å². The first-order chi connectivity index (χ1) is 12.9. The van der Waals surface area contributed by atoms with E-state index in [4.69, 9.17) is 4.52 Å². The molecule has 1 aromatic rings. The molecule has 0 spiro atoms. The van der Waals surface area contributed by atoms with Crippen molar-refractivity contribution >= 4 is 5.91 Å². The molecule has 0 aromatic carbocycles. The molecule has 2 fully saturated rings. The van der Waals surface area contributed by atoms with Gasteiger partial charge >= 0.3 is 0 Å². The molecule has 5 heteroatoms. The Morgan fingerprint density at radius 2 is 1.96 bits per heavy atom. The molecule has 5 nitrogen and oxygen atoms in total. The third kappa shape index (κ3) is 6.63. The molecule has 27 heavy (non-hydrogen) atoms. The number of amides is 1. The topological polar surface area (TPSA) is 67.2 Å². The van der Waals surface area contributed by atoms with Crippen molar-refractivity contribution in [3.63, 3.8) is 0 Å². The van der Waals surface area contributed by atoms with Crippen LogP contribution in [0.5, 0.6) is 0 Å². The van der Waals surface area contributed by atoms with Crippen molar-refractivity contribution < 1.29 is 9.32 Å². The standard InChI is InChI=1S/C22H37N3O2/c1-22(2,3)24-21(26)13-17-9-10-23-15-18(17)12-19-14-20(27-25-19)11-16-7-5-4-6-8-16/h14,16-18,23H,4-13,15H2,1-3H3,(H,24,26)/t17-,18+/m1/s1. The van der Waals surface area contributed by atoms with Crippen LogP contribution in [0.3, 0.4) is 0 Å². The molecule has 0 radical (unpaired) electrons. The van der Waals surface area contributed by atoms with Crippen LogP contribution in [-0.4, -0.2) is 29.7 Å². The molecule has 2 aliphatic rings. The zero-order valence-electron chi connectivity index (χ0n) is 17.4. The predicted molar refractivity (Wildman–Crippen MR) is 107 cm³/mol. The second-order valence-electron chi connectivity index (χ2n) is 9.71. The van der Waals surface area contributed by atoms with Crippen LogP contribution in [0.25, 0.3) is 0 Å². The average Bonchev–Trinajstić information content (AvgIpc) is 3.03. The van der Waals surface area contributed by atoms with Crippen LogP contribution in [0.1, 0.15) is 77.2 Å². The van der Waals surface area contributed by atoms with Crippen molar-refractivity contribution in [1.29, 1.82) is 0 Å². The first kappa shape index (κ1) is 20.4. The van der Waals surface area contributed by atoms with Gasteiger partial charge < -0.3 is 15.2 Å². The van der Waals surface area contributed by atoms with Gasteiger partial charge in [-0.15, -0.1) is 0 Å². The van der Waals surface area contributed by atoms with Crippen molar-refractivity contribution in [2.75, 3.05) is 13.1 Å². The van der Waals surface area contributed by atoms with Gasteiger partial charge in [-0.3, -0.25) is 4.79 Å². The van der Waals surface area contributed by atoms with E-state index in [9.17, 15) is 4.79 Å². The first-order valence-electron chi connectivity index (χ1n) is 10.9. The van der Waals surface area contributed by atoms with Crippen molar-refractivity contribution in [1.82, 2.24) is 15.8 Å². The Kier molecular flexibility index (Phi) is 6.96. The maximum absolute atomic E-state index is 12.4. The number of hydrogen-bond donors (Lipinski definition) is 2. The highest BCUT2D eigenvalue weighted by molar-refractivity contribution is 5.76. The molecule has 0 bridgehead atoms. The quantitative estimate of drug-likeness (QED) is 0.792. The van der Waals surface area contributed by atoms with Gasteiger partial charge in [-0.1, -0.05) is 37.3 Å². The fourth-order valence-electron chi connectivity index (χ4n) is 4.68. The van der Waals surface area contributed by atoms with E-state index < -0.39 is 0 Å². The molecule has 1 aromatic heterocycles. The van der Waals surface area contributed by atoms with E-state index in [0.29, 0.717) is 18.3 Å². The Hall–Kier alpha value is -1.36. The van der Waals surface area contributed by atoms with Crippen molar-refractivity contribution in [3.8, 4) is 0 Å². The number of nitrogens with one attached hydrogen (secondary N) is 2. The number of carbonyl (C=O) groups is 1. The number of nitrogens with zero attached hydrogens (tertiary/aromatic N) is 1. The van der Waals surface area contributed by atoms with Crippen LogP contribution in [0, 0.1) is 17.8 Å². The molecule has 1 amide bonds. The van der Waals surface area contributed by atoms with Gasteiger partial charge in [0, 0.05) is 24.4 Å². The molecular weight excluding hydrogens is 338 g/mol. The van der Waals surface area contributed by atoms with E-state index in [1.807, 2.05) is 20.8 Å². The van der Waals surface area contributed by atoms with Gasteiger partial charge in [0.1, 0.15) is 5.76 Å². The molecule has 0 unspecified atom stereocenters. The third-order valence-electron chi connectivity index (χ3n) is 6.02. The van der Waals surface area contributed by atoms with Crippen LogP contribution >= 0.6 is 0 Å². The molecule has 2 atom stereocenters. The normalized spacial score (nSPS) is 24.7. The lowest BCUT2D eigenvalue weighted by molar-refractivity contribution is -0.124. The summed E-state index contributed by atoms with van der Waals surface area (Å²) in [6.07, 6.45) is 10.3.